The van der Waals surface area contributed by atoms with Gasteiger partial charge in [-0.15, -0.1) is 0 Å². The van der Waals surface area contributed by atoms with Gasteiger partial charge in [0.15, 0.2) is 9.84 Å². The summed E-state index contributed by atoms with van der Waals surface area (Å²) in [4.78, 5) is 10.2. The molecule has 0 aromatic heterocycles. The van der Waals surface area contributed by atoms with Crippen LogP contribution in [0.3, 0.4) is 0 Å². The van der Waals surface area contributed by atoms with Crippen LogP contribution in [0, 0.1) is 0 Å². The second kappa shape index (κ2) is 5.09. The Hall–Kier alpha value is -1.02. The lowest BCUT2D eigenvalue weighted by Gasteiger charge is -2.07. The lowest BCUT2D eigenvalue weighted by Crippen LogP contribution is -2.17. The molecule has 1 rings (SSSR count). The van der Waals surface area contributed by atoms with Crippen LogP contribution in [0.1, 0.15) is 10.4 Å². The van der Waals surface area contributed by atoms with Crippen LogP contribution in [0.25, 0.3) is 0 Å². The molecule has 0 saturated carbocycles. The summed E-state index contributed by atoms with van der Waals surface area (Å²) < 4.78 is 47.6. The van der Waals surface area contributed by atoms with Gasteiger partial charge in [-0.05, 0) is 18.2 Å². The first kappa shape index (κ1) is 14.0. The van der Waals surface area contributed by atoms with Gasteiger partial charge in [0.2, 0.25) is 0 Å². The molecule has 1 aromatic rings. The van der Waals surface area contributed by atoms with Crippen molar-refractivity contribution in [2.75, 3.05) is 5.75 Å². The van der Waals surface area contributed by atoms with Crippen molar-refractivity contribution in [3.63, 3.8) is 0 Å². The van der Waals surface area contributed by atoms with E-state index in [1.54, 1.807) is 0 Å². The fraction of sp³-hybridized carbons (Fsp3) is 0.222. The van der Waals surface area contributed by atoms with E-state index in [0.29, 0.717) is 4.47 Å². The maximum Gasteiger partial charge on any atom is 0.337 e. The third-order valence-electron chi connectivity index (χ3n) is 1.85. The van der Waals surface area contributed by atoms with Gasteiger partial charge < -0.3 is 5.11 Å². The van der Waals surface area contributed by atoms with Crippen molar-refractivity contribution in [1.82, 2.24) is 0 Å². The molecule has 17 heavy (non-hydrogen) atoms. The van der Waals surface area contributed by atoms with E-state index in [1.807, 2.05) is 0 Å². The molecule has 0 aliphatic carbocycles. The molecule has 0 heterocycles. The molecule has 0 fully saturated rings. The maximum absolute atomic E-state index is 12.1. The number of carboxylic acids is 1. The molecule has 0 bridgehead atoms. The van der Waals surface area contributed by atoms with Crippen molar-refractivity contribution < 1.29 is 27.1 Å². The lowest BCUT2D eigenvalue weighted by molar-refractivity contribution is 0.0692. The molecule has 0 atom stereocenters. The second-order valence-corrected chi connectivity index (χ2v) is 6.04. The van der Waals surface area contributed by atoms with E-state index in [0.717, 1.165) is 12.1 Å². The average molecular weight is 329 g/mol. The molecule has 0 aliphatic rings. The van der Waals surface area contributed by atoms with E-state index in [4.69, 9.17) is 5.11 Å². The van der Waals surface area contributed by atoms with E-state index in [1.165, 1.54) is 6.07 Å². The van der Waals surface area contributed by atoms with Gasteiger partial charge in [0.1, 0.15) is 5.75 Å². The topological polar surface area (TPSA) is 71.4 Å². The number of carboxylic acid groups (broad SMARTS) is 1. The van der Waals surface area contributed by atoms with Gasteiger partial charge in [0.05, 0.1) is 10.5 Å². The zero-order chi connectivity index (χ0) is 13.2. The van der Waals surface area contributed by atoms with Crippen LogP contribution in [0.5, 0.6) is 0 Å². The number of aromatic carboxylic acids is 1. The molecule has 1 N–H and O–H groups in total. The van der Waals surface area contributed by atoms with Crippen molar-refractivity contribution in [1.29, 1.82) is 0 Å². The Balaban J connectivity index is 3.38. The highest BCUT2D eigenvalue weighted by atomic mass is 79.9. The maximum atomic E-state index is 12.1. The Morgan fingerprint density at radius 2 is 2.00 bits per heavy atom. The smallest absolute Gasteiger partial charge is 0.337 e. The third kappa shape index (κ3) is 3.47. The molecule has 0 aliphatic heterocycles. The van der Waals surface area contributed by atoms with Gasteiger partial charge >= 0.3 is 5.97 Å². The number of hydrogen-bond donors (Lipinski definition) is 1. The Morgan fingerprint density at radius 1 is 1.41 bits per heavy atom. The van der Waals surface area contributed by atoms with E-state index < -0.39 is 38.4 Å². The summed E-state index contributed by atoms with van der Waals surface area (Å²) in [5.41, 5.74) is -0.520. The molecule has 4 nitrogen and oxygen atoms in total. The third-order valence-corrected chi connectivity index (χ3v) is 4.05. The molecule has 0 saturated heterocycles. The van der Waals surface area contributed by atoms with Crippen molar-refractivity contribution in [2.45, 2.75) is 11.3 Å². The summed E-state index contributed by atoms with van der Waals surface area (Å²) in [5, 5.41) is 8.79. The molecule has 0 unspecified atom stereocenters. The SMILES string of the molecule is O=C(O)c1ccc(Br)cc1S(=O)(=O)CC(F)F. The van der Waals surface area contributed by atoms with E-state index >= 15 is 0 Å². The molecular weight excluding hydrogens is 322 g/mol. The van der Waals surface area contributed by atoms with Crippen LogP contribution < -0.4 is 0 Å². The summed E-state index contributed by atoms with van der Waals surface area (Å²) in [5.74, 6) is -2.88. The normalized spacial score (nSPS) is 11.8. The first-order valence-electron chi connectivity index (χ1n) is 4.28. The quantitative estimate of drug-likeness (QED) is 0.919. The summed E-state index contributed by atoms with van der Waals surface area (Å²) in [6, 6.07) is 3.37. The highest BCUT2D eigenvalue weighted by Crippen LogP contribution is 2.23. The number of sulfone groups is 1. The fourth-order valence-corrected chi connectivity index (χ4v) is 3.01. The Morgan fingerprint density at radius 3 is 2.47 bits per heavy atom. The van der Waals surface area contributed by atoms with Crippen molar-refractivity contribution in [2.24, 2.45) is 0 Å². The number of benzene rings is 1. The predicted molar refractivity (Wildman–Crippen MR) is 59.2 cm³/mol. The first-order chi connectivity index (χ1) is 7.74. The van der Waals surface area contributed by atoms with Crippen LogP contribution in [0.4, 0.5) is 8.78 Å². The zero-order valence-corrected chi connectivity index (χ0v) is 10.6. The Kier molecular flexibility index (Phi) is 4.21. The number of alkyl halides is 2. The summed E-state index contributed by atoms with van der Waals surface area (Å²) in [7, 11) is -4.32. The van der Waals surface area contributed by atoms with E-state index in [9.17, 15) is 22.0 Å². The number of halogens is 3. The second-order valence-electron chi connectivity index (χ2n) is 3.12. The lowest BCUT2D eigenvalue weighted by atomic mass is 10.2. The summed E-state index contributed by atoms with van der Waals surface area (Å²) in [6.45, 7) is 0. The molecule has 8 heteroatoms. The minimum Gasteiger partial charge on any atom is -0.478 e. The monoisotopic (exact) mass is 328 g/mol. The van der Waals surface area contributed by atoms with Gasteiger partial charge in [-0.3, -0.25) is 0 Å². The summed E-state index contributed by atoms with van der Waals surface area (Å²) >= 11 is 2.96. The number of hydrogen-bond acceptors (Lipinski definition) is 3. The fourth-order valence-electron chi connectivity index (χ4n) is 1.19. The van der Waals surface area contributed by atoms with Gasteiger partial charge in [0.25, 0.3) is 6.43 Å². The van der Waals surface area contributed by atoms with Crippen LogP contribution in [0.15, 0.2) is 27.6 Å². The van der Waals surface area contributed by atoms with Gasteiger partial charge in [-0.2, -0.15) is 0 Å². The van der Waals surface area contributed by atoms with E-state index in [2.05, 4.69) is 15.9 Å². The molecule has 0 spiro atoms. The standard InChI is InChI=1S/C9H7BrF2O4S/c10-5-1-2-6(9(13)14)7(3-5)17(15,16)4-8(11)12/h1-3,8H,4H2,(H,13,14). The Labute approximate surface area is 104 Å². The minimum atomic E-state index is -4.32. The predicted octanol–water partition coefficient (Wildman–Crippen LogP) is 2.19. The van der Waals surface area contributed by atoms with Crippen molar-refractivity contribution in [3.05, 3.63) is 28.2 Å². The van der Waals surface area contributed by atoms with Crippen LogP contribution in [-0.2, 0) is 9.84 Å². The largest absolute Gasteiger partial charge is 0.478 e. The van der Waals surface area contributed by atoms with Crippen LogP contribution >= 0.6 is 15.9 Å². The average Bonchev–Trinajstić information content (AvgIpc) is 2.14. The molecule has 94 valence electrons. The summed E-state index contributed by atoms with van der Waals surface area (Å²) in [6.07, 6.45) is -3.05. The zero-order valence-electron chi connectivity index (χ0n) is 8.23. The molecular formula is C9H7BrF2O4S. The van der Waals surface area contributed by atoms with Crippen LogP contribution in [-0.4, -0.2) is 31.7 Å². The number of carbonyl (C=O) groups is 1. The minimum absolute atomic E-state index is 0.301. The Bertz CT molecular complexity index is 542. The van der Waals surface area contributed by atoms with E-state index in [-0.39, 0.29) is 0 Å². The van der Waals surface area contributed by atoms with Gasteiger partial charge in [-0.1, -0.05) is 15.9 Å². The van der Waals surface area contributed by atoms with Gasteiger partial charge in [-0.25, -0.2) is 22.0 Å². The highest BCUT2D eigenvalue weighted by molar-refractivity contribution is 9.10. The molecule has 0 amide bonds. The number of rotatable bonds is 4. The van der Waals surface area contributed by atoms with Crippen molar-refractivity contribution in [3.8, 4) is 0 Å². The van der Waals surface area contributed by atoms with Gasteiger partial charge in [0, 0.05) is 4.47 Å². The highest BCUT2D eigenvalue weighted by Gasteiger charge is 2.26. The molecule has 0 radical (unpaired) electrons. The van der Waals surface area contributed by atoms with Crippen molar-refractivity contribution >= 4 is 31.7 Å². The first-order valence-corrected chi connectivity index (χ1v) is 6.72. The molecule has 1 aromatic carbocycles. The van der Waals surface area contributed by atoms with Crippen LogP contribution in [0.2, 0.25) is 0 Å².